The second-order valence-corrected chi connectivity index (χ2v) is 10.8. The van der Waals surface area contributed by atoms with E-state index in [9.17, 15) is 4.79 Å². The minimum absolute atomic E-state index is 0.109. The van der Waals surface area contributed by atoms with Crippen molar-refractivity contribution in [2.45, 2.75) is 10.8 Å². The van der Waals surface area contributed by atoms with Crippen LogP contribution < -0.4 is 5.32 Å². The summed E-state index contributed by atoms with van der Waals surface area (Å²) in [4.78, 5) is 22.4. The van der Waals surface area contributed by atoms with Gasteiger partial charge < -0.3 is 5.32 Å². The molecule has 4 aromatic rings. The van der Waals surface area contributed by atoms with Gasteiger partial charge in [-0.3, -0.25) is 4.79 Å². The summed E-state index contributed by atoms with van der Waals surface area (Å²) in [5.41, 5.74) is 1.96. The highest BCUT2D eigenvalue weighted by molar-refractivity contribution is 9.11. The van der Waals surface area contributed by atoms with Gasteiger partial charge >= 0.3 is 0 Å². The molecular weight excluding hydrogens is 498 g/mol. The molecule has 2 aromatic heterocycles. The molecule has 0 saturated carbocycles. The Morgan fingerprint density at radius 1 is 1.11 bits per heavy atom. The minimum atomic E-state index is -0.109. The van der Waals surface area contributed by atoms with Crippen LogP contribution in [-0.4, -0.2) is 21.6 Å². The molecule has 28 heavy (non-hydrogen) atoms. The Morgan fingerprint density at radius 3 is 2.71 bits per heavy atom. The second-order valence-electron chi connectivity index (χ2n) is 5.79. The summed E-state index contributed by atoms with van der Waals surface area (Å²) in [6.07, 6.45) is 0.615. The number of nitrogens with zero attached hydrogens (tertiary/aromatic N) is 2. The van der Waals surface area contributed by atoms with Gasteiger partial charge in [0.2, 0.25) is 5.91 Å². The number of hydrogen-bond acceptors (Lipinski definition) is 6. The molecule has 0 fully saturated rings. The molecule has 0 spiro atoms. The molecule has 0 saturated heterocycles. The first kappa shape index (κ1) is 19.8. The van der Waals surface area contributed by atoms with Crippen LogP contribution in [0.2, 0.25) is 5.02 Å². The maximum atomic E-state index is 12.4. The van der Waals surface area contributed by atoms with E-state index in [0.29, 0.717) is 17.3 Å². The van der Waals surface area contributed by atoms with Gasteiger partial charge in [-0.15, -0.1) is 22.7 Å². The van der Waals surface area contributed by atoms with Crippen molar-refractivity contribution in [3.63, 3.8) is 0 Å². The largest absolute Gasteiger partial charge is 0.309 e. The molecule has 4 nitrogen and oxygen atoms in total. The Balaban J connectivity index is 1.42. The summed E-state index contributed by atoms with van der Waals surface area (Å²) in [6.45, 7) is 0. The number of rotatable bonds is 6. The predicted molar refractivity (Wildman–Crippen MR) is 123 cm³/mol. The fourth-order valence-corrected chi connectivity index (χ4v) is 6.16. The molecule has 0 aliphatic heterocycles. The summed E-state index contributed by atoms with van der Waals surface area (Å²) in [7, 11) is 0. The molecule has 1 amide bonds. The molecular formula is C19H13BrClN3OS3. The van der Waals surface area contributed by atoms with Crippen LogP contribution in [0, 0.1) is 0 Å². The first-order chi connectivity index (χ1) is 13.6. The van der Waals surface area contributed by atoms with Gasteiger partial charge in [0.05, 0.1) is 20.8 Å². The third-order valence-electron chi connectivity index (χ3n) is 3.84. The number of hydrogen-bond donors (Lipinski definition) is 1. The van der Waals surface area contributed by atoms with E-state index < -0.39 is 0 Å². The first-order valence-corrected chi connectivity index (χ1v) is 12.0. The number of para-hydroxylation sites is 1. The van der Waals surface area contributed by atoms with E-state index in [1.54, 1.807) is 11.3 Å². The highest BCUT2D eigenvalue weighted by atomic mass is 79.9. The summed E-state index contributed by atoms with van der Waals surface area (Å²) in [5, 5.41) is 3.62. The third-order valence-corrected chi connectivity index (χ3v) is 7.89. The van der Waals surface area contributed by atoms with Crippen molar-refractivity contribution in [2.75, 3.05) is 11.1 Å². The summed E-state index contributed by atoms with van der Waals surface area (Å²) >= 11 is 14.2. The number of thiazole rings is 2. The fourth-order valence-electron chi connectivity index (χ4n) is 2.56. The molecule has 0 bridgehead atoms. The standard InChI is InChI=1S/C19H13BrClN3OS3/c20-18-24-17(15(27-18)9-11-5-1-2-6-12(11)21)23-16(25)10-26-19-22-13-7-3-4-8-14(13)28-19/h1-8H,9-10H2,(H,23,25). The molecule has 0 unspecified atom stereocenters. The van der Waals surface area contributed by atoms with Crippen LogP contribution in [0.1, 0.15) is 10.4 Å². The normalized spacial score (nSPS) is 11.1. The number of carbonyl (C=O) groups is 1. The summed E-state index contributed by atoms with van der Waals surface area (Å²) in [6, 6.07) is 15.6. The Labute approximate surface area is 187 Å². The quantitative estimate of drug-likeness (QED) is 0.301. The lowest BCUT2D eigenvalue weighted by atomic mass is 10.1. The van der Waals surface area contributed by atoms with E-state index in [2.05, 4.69) is 31.2 Å². The van der Waals surface area contributed by atoms with Gasteiger partial charge in [0.25, 0.3) is 0 Å². The Kier molecular flexibility index (Phi) is 6.32. The first-order valence-electron chi connectivity index (χ1n) is 8.25. The van der Waals surface area contributed by atoms with Gasteiger partial charge in [-0.2, -0.15) is 0 Å². The SMILES string of the molecule is O=C(CSc1nc2ccccc2s1)Nc1nc(Br)sc1Cc1ccccc1Cl. The van der Waals surface area contributed by atoms with Crippen LogP contribution in [0.15, 0.2) is 56.8 Å². The Bertz CT molecular complexity index is 1110. The number of nitrogens with one attached hydrogen (secondary N) is 1. The smallest absolute Gasteiger partial charge is 0.236 e. The summed E-state index contributed by atoms with van der Waals surface area (Å²) in [5.74, 6) is 0.745. The third kappa shape index (κ3) is 4.75. The Hall–Kier alpha value is -1.45. The molecule has 0 aliphatic rings. The van der Waals surface area contributed by atoms with Crippen molar-refractivity contribution in [1.29, 1.82) is 0 Å². The van der Waals surface area contributed by atoms with E-state index in [-0.39, 0.29) is 11.7 Å². The second kappa shape index (κ2) is 8.92. The van der Waals surface area contributed by atoms with E-state index >= 15 is 0 Å². The number of benzene rings is 2. The zero-order valence-corrected chi connectivity index (χ0v) is 19.1. The molecule has 4 rings (SSSR count). The van der Waals surface area contributed by atoms with Crippen LogP contribution in [0.25, 0.3) is 10.2 Å². The molecule has 1 N–H and O–H groups in total. The monoisotopic (exact) mass is 509 g/mol. The van der Waals surface area contributed by atoms with E-state index in [1.165, 1.54) is 23.1 Å². The zero-order chi connectivity index (χ0) is 19.5. The van der Waals surface area contributed by atoms with Crippen molar-refractivity contribution in [3.8, 4) is 0 Å². The van der Waals surface area contributed by atoms with Gasteiger partial charge in [0.15, 0.2) is 8.26 Å². The van der Waals surface area contributed by atoms with Crippen molar-refractivity contribution >= 4 is 83.9 Å². The van der Waals surface area contributed by atoms with Crippen LogP contribution in [0.5, 0.6) is 0 Å². The van der Waals surface area contributed by atoms with Gasteiger partial charge in [-0.05, 0) is 39.7 Å². The average Bonchev–Trinajstić information content (AvgIpc) is 3.24. The Morgan fingerprint density at radius 2 is 1.89 bits per heavy atom. The summed E-state index contributed by atoms with van der Waals surface area (Å²) < 4.78 is 2.73. The molecule has 0 atom stereocenters. The minimum Gasteiger partial charge on any atom is -0.309 e. The predicted octanol–water partition coefficient (Wildman–Crippen LogP) is 6.49. The molecule has 0 radical (unpaired) electrons. The maximum absolute atomic E-state index is 12.4. The highest BCUT2D eigenvalue weighted by Crippen LogP contribution is 2.32. The van der Waals surface area contributed by atoms with Crippen LogP contribution in [0.3, 0.4) is 0 Å². The van der Waals surface area contributed by atoms with Gasteiger partial charge in [0, 0.05) is 11.4 Å². The van der Waals surface area contributed by atoms with E-state index in [4.69, 9.17) is 11.6 Å². The zero-order valence-electron chi connectivity index (χ0n) is 14.3. The number of halogens is 2. The number of anilines is 1. The van der Waals surface area contributed by atoms with Crippen molar-refractivity contribution in [1.82, 2.24) is 9.97 Å². The molecule has 142 valence electrons. The maximum Gasteiger partial charge on any atom is 0.236 e. The lowest BCUT2D eigenvalue weighted by Gasteiger charge is -2.06. The van der Waals surface area contributed by atoms with E-state index in [1.807, 2.05) is 48.5 Å². The molecule has 2 heterocycles. The van der Waals surface area contributed by atoms with Crippen LogP contribution in [0.4, 0.5) is 5.82 Å². The number of fused-ring (bicyclic) bond motifs is 1. The molecule has 0 aliphatic carbocycles. The number of carbonyl (C=O) groups excluding carboxylic acids is 1. The number of aromatic nitrogens is 2. The van der Waals surface area contributed by atoms with Gasteiger partial charge in [-0.25, -0.2) is 9.97 Å². The lowest BCUT2D eigenvalue weighted by molar-refractivity contribution is -0.113. The number of thioether (sulfide) groups is 1. The van der Waals surface area contributed by atoms with Crippen molar-refractivity contribution < 1.29 is 4.79 Å². The number of amides is 1. The topological polar surface area (TPSA) is 54.9 Å². The van der Waals surface area contributed by atoms with Crippen LogP contribution >= 0.6 is 62.0 Å². The van der Waals surface area contributed by atoms with Gasteiger partial charge in [-0.1, -0.05) is 53.7 Å². The van der Waals surface area contributed by atoms with Gasteiger partial charge in [0.1, 0.15) is 5.82 Å². The highest BCUT2D eigenvalue weighted by Gasteiger charge is 2.15. The molecule has 9 heteroatoms. The van der Waals surface area contributed by atoms with Crippen LogP contribution in [-0.2, 0) is 11.2 Å². The average molecular weight is 511 g/mol. The lowest BCUT2D eigenvalue weighted by Crippen LogP contribution is -2.15. The van der Waals surface area contributed by atoms with Crippen molar-refractivity contribution in [3.05, 3.63) is 67.9 Å². The fraction of sp³-hybridized carbons (Fsp3) is 0.105. The van der Waals surface area contributed by atoms with Crippen molar-refractivity contribution in [2.24, 2.45) is 0 Å². The van der Waals surface area contributed by atoms with E-state index in [0.717, 1.165) is 28.9 Å². The molecule has 2 aromatic carbocycles.